The zero-order valence-electron chi connectivity index (χ0n) is 23.2. The zero-order valence-corrected chi connectivity index (χ0v) is 23.2. The number of carbonyl (C=O) groups is 1. The van der Waals surface area contributed by atoms with Crippen molar-refractivity contribution < 1.29 is 4.79 Å². The molecule has 1 aromatic heterocycles. The van der Waals surface area contributed by atoms with Crippen molar-refractivity contribution in [3.05, 3.63) is 89.5 Å². The normalized spacial score (nSPS) is 18.3. The quantitative estimate of drug-likeness (QED) is 0.445. The molecule has 2 N–H and O–H groups in total. The van der Waals surface area contributed by atoms with E-state index in [4.69, 9.17) is 5.26 Å². The van der Waals surface area contributed by atoms with Crippen LogP contribution in [0.4, 0.5) is 0 Å². The second-order valence-electron chi connectivity index (χ2n) is 10.6. The Hall–Kier alpha value is -3.47. The second-order valence-corrected chi connectivity index (χ2v) is 10.6. The lowest BCUT2D eigenvalue weighted by molar-refractivity contribution is -0.127. The van der Waals surface area contributed by atoms with Crippen molar-refractivity contribution in [2.75, 3.05) is 32.7 Å². The summed E-state index contributed by atoms with van der Waals surface area (Å²) >= 11 is 0. The van der Waals surface area contributed by atoms with Crippen LogP contribution in [-0.4, -0.2) is 53.1 Å². The van der Waals surface area contributed by atoms with Crippen LogP contribution in [-0.2, 0) is 17.8 Å². The maximum Gasteiger partial charge on any atom is 0.224 e. The highest BCUT2D eigenvalue weighted by atomic mass is 16.1. The minimum Gasteiger partial charge on any atom is -0.355 e. The Morgan fingerprint density at radius 2 is 1.87 bits per heavy atom. The van der Waals surface area contributed by atoms with Gasteiger partial charge in [0.1, 0.15) is 0 Å². The van der Waals surface area contributed by atoms with E-state index in [-0.39, 0.29) is 11.8 Å². The van der Waals surface area contributed by atoms with E-state index in [9.17, 15) is 4.79 Å². The van der Waals surface area contributed by atoms with Crippen molar-refractivity contribution in [2.45, 2.75) is 58.0 Å². The standard InChI is InChI=1S/C27H31N5O.C5H11N/c1-21(24-6-3-2-4-7-24)31-15-5-8-25(19-31)27(33)30-14-13-26-17-29-20-32(26)18-23-11-9-22(16-28)10-12-23;1-2-4-6-5-3-1/h2-4,6-7,9-12,17,20-21,25H,5,8,13-15,18-19H2,1H3,(H,30,33);6H,1-5H2/t21?,25-;/m0./s1. The first-order valence-corrected chi connectivity index (χ1v) is 14.4. The number of piperidine rings is 2. The van der Waals surface area contributed by atoms with E-state index in [1.165, 1.54) is 37.9 Å². The van der Waals surface area contributed by atoms with Gasteiger partial charge in [0.15, 0.2) is 0 Å². The predicted molar refractivity (Wildman–Crippen MR) is 155 cm³/mol. The summed E-state index contributed by atoms with van der Waals surface area (Å²) in [5.41, 5.74) is 4.16. The van der Waals surface area contributed by atoms with Crippen LogP contribution in [0, 0.1) is 17.2 Å². The van der Waals surface area contributed by atoms with E-state index < -0.39 is 0 Å². The van der Waals surface area contributed by atoms with E-state index in [0.29, 0.717) is 24.7 Å². The molecule has 3 aromatic rings. The van der Waals surface area contributed by atoms with E-state index in [0.717, 1.165) is 43.6 Å². The molecule has 0 radical (unpaired) electrons. The van der Waals surface area contributed by atoms with Crippen LogP contribution in [0.2, 0.25) is 0 Å². The Labute approximate surface area is 233 Å². The van der Waals surface area contributed by atoms with Gasteiger partial charge in [0.25, 0.3) is 0 Å². The third-order valence-corrected chi connectivity index (χ3v) is 7.78. The highest BCUT2D eigenvalue weighted by molar-refractivity contribution is 5.79. The molecule has 2 fully saturated rings. The summed E-state index contributed by atoms with van der Waals surface area (Å²) < 4.78 is 2.09. The van der Waals surface area contributed by atoms with Gasteiger partial charge in [0.2, 0.25) is 5.91 Å². The number of aromatic nitrogens is 2. The Kier molecular flexibility index (Phi) is 11.1. The second kappa shape index (κ2) is 15.2. The molecule has 39 heavy (non-hydrogen) atoms. The Morgan fingerprint density at radius 3 is 2.54 bits per heavy atom. The minimum absolute atomic E-state index is 0.0356. The van der Waals surface area contributed by atoms with E-state index >= 15 is 0 Å². The lowest BCUT2D eigenvalue weighted by Crippen LogP contribution is -2.44. The molecule has 2 aromatic carbocycles. The van der Waals surface area contributed by atoms with Crippen molar-refractivity contribution in [1.82, 2.24) is 25.1 Å². The molecule has 2 atom stereocenters. The molecule has 2 aliphatic heterocycles. The molecule has 0 bridgehead atoms. The maximum absolute atomic E-state index is 12.9. The van der Waals surface area contributed by atoms with Gasteiger partial charge in [-0.05, 0) is 75.5 Å². The number of nitrogens with one attached hydrogen (secondary N) is 2. The highest BCUT2D eigenvalue weighted by Gasteiger charge is 2.28. The van der Waals surface area contributed by atoms with Crippen LogP contribution in [0.25, 0.3) is 0 Å². The Balaban J connectivity index is 0.000000519. The van der Waals surface area contributed by atoms with Crippen molar-refractivity contribution in [2.24, 2.45) is 5.92 Å². The molecule has 0 spiro atoms. The predicted octanol–water partition coefficient (Wildman–Crippen LogP) is 4.69. The number of likely N-dealkylation sites (tertiary alicyclic amines) is 1. The van der Waals surface area contributed by atoms with Crippen LogP contribution in [0.1, 0.15) is 67.5 Å². The number of nitrogens with zero attached hydrogens (tertiary/aromatic N) is 4. The number of amides is 1. The molecule has 5 rings (SSSR count). The molecular formula is C32H42N6O. The maximum atomic E-state index is 12.9. The fourth-order valence-electron chi connectivity index (χ4n) is 5.35. The van der Waals surface area contributed by atoms with Gasteiger partial charge in [-0.1, -0.05) is 48.9 Å². The molecular weight excluding hydrogens is 484 g/mol. The van der Waals surface area contributed by atoms with Crippen molar-refractivity contribution in [1.29, 1.82) is 5.26 Å². The smallest absolute Gasteiger partial charge is 0.224 e. The first-order chi connectivity index (χ1) is 19.1. The molecule has 1 amide bonds. The van der Waals surface area contributed by atoms with E-state index in [2.05, 4.69) is 62.3 Å². The van der Waals surface area contributed by atoms with Gasteiger partial charge in [-0.15, -0.1) is 0 Å². The Bertz CT molecular complexity index is 1170. The van der Waals surface area contributed by atoms with Crippen molar-refractivity contribution >= 4 is 5.91 Å². The molecule has 206 valence electrons. The molecule has 7 heteroatoms. The lowest BCUT2D eigenvalue weighted by Gasteiger charge is -2.36. The van der Waals surface area contributed by atoms with Gasteiger partial charge in [-0.3, -0.25) is 9.69 Å². The molecule has 2 saturated heterocycles. The molecule has 0 saturated carbocycles. The van der Waals surface area contributed by atoms with Crippen LogP contribution in [0.5, 0.6) is 0 Å². The number of hydrogen-bond donors (Lipinski definition) is 2. The van der Waals surface area contributed by atoms with Crippen molar-refractivity contribution in [3.63, 3.8) is 0 Å². The number of rotatable bonds is 8. The summed E-state index contributed by atoms with van der Waals surface area (Å²) in [6.45, 7) is 7.87. The van der Waals surface area contributed by atoms with Crippen LogP contribution >= 0.6 is 0 Å². The van der Waals surface area contributed by atoms with Crippen LogP contribution in [0.3, 0.4) is 0 Å². The summed E-state index contributed by atoms with van der Waals surface area (Å²) in [7, 11) is 0. The summed E-state index contributed by atoms with van der Waals surface area (Å²) in [6.07, 6.45) is 10.6. The lowest BCUT2D eigenvalue weighted by atomic mass is 9.94. The summed E-state index contributed by atoms with van der Waals surface area (Å²) in [5, 5.41) is 15.4. The van der Waals surface area contributed by atoms with Gasteiger partial charge < -0.3 is 15.2 Å². The first-order valence-electron chi connectivity index (χ1n) is 14.4. The third-order valence-electron chi connectivity index (χ3n) is 7.78. The van der Waals surface area contributed by atoms with Gasteiger partial charge in [0, 0.05) is 44.0 Å². The average molecular weight is 527 g/mol. The fourth-order valence-corrected chi connectivity index (χ4v) is 5.35. The van der Waals surface area contributed by atoms with Gasteiger partial charge in [-0.25, -0.2) is 4.98 Å². The largest absolute Gasteiger partial charge is 0.355 e. The SMILES string of the molecule is C1CCNCC1.CC(c1ccccc1)N1CCC[C@H](C(=O)NCCc2cncn2Cc2ccc(C#N)cc2)C1. The summed E-state index contributed by atoms with van der Waals surface area (Å²) in [6, 6.07) is 20.6. The number of hydrogen-bond acceptors (Lipinski definition) is 5. The van der Waals surface area contributed by atoms with E-state index in [1.54, 1.807) is 0 Å². The highest BCUT2D eigenvalue weighted by Crippen LogP contribution is 2.26. The number of benzene rings is 2. The number of carbonyl (C=O) groups excluding carboxylic acids is 1. The Morgan fingerprint density at radius 1 is 1.10 bits per heavy atom. The van der Waals surface area contributed by atoms with Gasteiger partial charge in [-0.2, -0.15) is 5.26 Å². The minimum atomic E-state index is 0.0356. The number of nitriles is 1. The monoisotopic (exact) mass is 526 g/mol. The number of imidazole rings is 1. The average Bonchev–Trinajstić information content (AvgIpc) is 3.45. The van der Waals surface area contributed by atoms with Gasteiger partial charge >= 0.3 is 0 Å². The van der Waals surface area contributed by atoms with Crippen molar-refractivity contribution in [3.8, 4) is 6.07 Å². The third kappa shape index (κ3) is 8.77. The molecule has 3 heterocycles. The fraction of sp³-hybridized carbons (Fsp3) is 0.469. The molecule has 2 aliphatic rings. The molecule has 0 aliphatic carbocycles. The molecule has 1 unspecified atom stereocenters. The zero-order chi connectivity index (χ0) is 27.3. The van der Waals surface area contributed by atoms with E-state index in [1.807, 2.05) is 42.9 Å². The molecule has 7 nitrogen and oxygen atoms in total. The first kappa shape index (κ1) is 28.5. The summed E-state index contributed by atoms with van der Waals surface area (Å²) in [5.74, 6) is 0.187. The van der Waals surface area contributed by atoms with Gasteiger partial charge in [0.05, 0.1) is 23.9 Å². The summed E-state index contributed by atoms with van der Waals surface area (Å²) in [4.78, 5) is 19.6. The topological polar surface area (TPSA) is 86.0 Å². The van der Waals surface area contributed by atoms with Crippen LogP contribution < -0.4 is 10.6 Å². The van der Waals surface area contributed by atoms with Crippen LogP contribution in [0.15, 0.2) is 67.1 Å².